The van der Waals surface area contributed by atoms with Crippen molar-refractivity contribution in [2.75, 3.05) is 13.1 Å². The maximum atomic E-state index is 6.40. The van der Waals surface area contributed by atoms with Crippen LogP contribution in [-0.2, 0) is 26.6 Å². The van der Waals surface area contributed by atoms with Gasteiger partial charge in [0.2, 0.25) is 0 Å². The number of imidazole rings is 1. The quantitative estimate of drug-likeness (QED) is 0.707. The van der Waals surface area contributed by atoms with Crippen LogP contribution in [0.1, 0.15) is 37.2 Å². The molecule has 0 radical (unpaired) electrons. The third-order valence-electron chi connectivity index (χ3n) is 6.15. The number of benzene rings is 1. The zero-order valence-corrected chi connectivity index (χ0v) is 16.1. The average Bonchev–Trinajstić information content (AvgIpc) is 3.28. The number of aryl methyl sites for hydroxylation is 2. The average molecular weight is 364 g/mol. The maximum absolute atomic E-state index is 6.40. The van der Waals surface area contributed by atoms with Crippen LogP contribution in [0.4, 0.5) is 0 Å². The number of rotatable bonds is 4. The third-order valence-corrected chi connectivity index (χ3v) is 6.15. The number of piperidine rings is 1. The summed E-state index contributed by atoms with van der Waals surface area (Å²) >= 11 is 0. The standard InChI is InChI=1S/C22H28N4O/c1-24-12-10-19-20(24)5-4-6-21(19)27-18-8-13-25(14-9-18)16-17-15-23-22-7-2-3-11-26(17)22/h4-6,10,12,15,18H,2-3,7-9,11,13-14,16H2,1H3. The molecular formula is C22H28N4O. The predicted octanol–water partition coefficient (Wildman–Crippen LogP) is 3.75. The van der Waals surface area contributed by atoms with Gasteiger partial charge in [-0.2, -0.15) is 0 Å². The topological polar surface area (TPSA) is 35.2 Å². The molecule has 1 aromatic carbocycles. The van der Waals surface area contributed by atoms with Crippen molar-refractivity contribution < 1.29 is 4.74 Å². The van der Waals surface area contributed by atoms with E-state index < -0.39 is 0 Å². The summed E-state index contributed by atoms with van der Waals surface area (Å²) in [7, 11) is 2.08. The van der Waals surface area contributed by atoms with Crippen molar-refractivity contribution in [1.29, 1.82) is 0 Å². The molecule has 2 aliphatic rings. The van der Waals surface area contributed by atoms with Crippen LogP contribution in [0, 0.1) is 0 Å². The minimum Gasteiger partial charge on any atom is -0.490 e. The molecule has 3 aromatic rings. The molecular weight excluding hydrogens is 336 g/mol. The molecule has 0 bridgehead atoms. The fraction of sp³-hybridized carbons (Fsp3) is 0.500. The van der Waals surface area contributed by atoms with Gasteiger partial charge in [-0.1, -0.05) is 6.07 Å². The first-order chi connectivity index (χ1) is 13.3. The highest BCUT2D eigenvalue weighted by molar-refractivity contribution is 5.86. The molecule has 5 nitrogen and oxygen atoms in total. The molecule has 5 heteroatoms. The number of fused-ring (bicyclic) bond motifs is 2. The van der Waals surface area contributed by atoms with Crippen LogP contribution < -0.4 is 4.74 Å². The molecule has 0 unspecified atom stereocenters. The van der Waals surface area contributed by atoms with Gasteiger partial charge >= 0.3 is 0 Å². The van der Waals surface area contributed by atoms with Crippen LogP contribution in [0.5, 0.6) is 5.75 Å². The van der Waals surface area contributed by atoms with E-state index in [-0.39, 0.29) is 0 Å². The Morgan fingerprint density at radius 1 is 1.11 bits per heavy atom. The molecule has 27 heavy (non-hydrogen) atoms. The lowest BCUT2D eigenvalue weighted by Gasteiger charge is -2.32. The molecule has 4 heterocycles. The van der Waals surface area contributed by atoms with E-state index in [1.54, 1.807) is 0 Å². The van der Waals surface area contributed by atoms with E-state index in [0.29, 0.717) is 6.10 Å². The minimum absolute atomic E-state index is 0.311. The van der Waals surface area contributed by atoms with Gasteiger partial charge in [0, 0.05) is 57.4 Å². The van der Waals surface area contributed by atoms with Crippen LogP contribution in [0.2, 0.25) is 0 Å². The molecule has 0 atom stereocenters. The highest BCUT2D eigenvalue weighted by Crippen LogP contribution is 2.29. The summed E-state index contributed by atoms with van der Waals surface area (Å²) in [6.07, 6.45) is 10.4. The lowest BCUT2D eigenvalue weighted by atomic mass is 10.1. The monoisotopic (exact) mass is 364 g/mol. The van der Waals surface area contributed by atoms with Crippen molar-refractivity contribution in [3.8, 4) is 5.75 Å². The Hall–Kier alpha value is -2.27. The van der Waals surface area contributed by atoms with E-state index in [9.17, 15) is 0 Å². The highest BCUT2D eigenvalue weighted by atomic mass is 16.5. The summed E-state index contributed by atoms with van der Waals surface area (Å²) in [4.78, 5) is 7.19. The third kappa shape index (κ3) is 3.25. The second-order valence-corrected chi connectivity index (χ2v) is 7.98. The van der Waals surface area contributed by atoms with Crippen molar-refractivity contribution in [3.05, 3.63) is 48.2 Å². The van der Waals surface area contributed by atoms with E-state index in [1.165, 1.54) is 35.3 Å². The number of nitrogens with zero attached hydrogens (tertiary/aromatic N) is 4. The van der Waals surface area contributed by atoms with Gasteiger partial charge in [-0.05, 0) is 43.9 Å². The van der Waals surface area contributed by atoms with Gasteiger partial charge in [-0.25, -0.2) is 4.98 Å². The Labute approximate surface area is 160 Å². The van der Waals surface area contributed by atoms with E-state index in [1.807, 2.05) is 0 Å². The normalized spacial score (nSPS) is 18.7. The number of hydrogen-bond acceptors (Lipinski definition) is 3. The number of hydrogen-bond donors (Lipinski definition) is 0. The summed E-state index contributed by atoms with van der Waals surface area (Å²) in [6.45, 7) is 4.35. The Morgan fingerprint density at radius 3 is 2.89 bits per heavy atom. The summed E-state index contributed by atoms with van der Waals surface area (Å²) < 4.78 is 11.0. The Bertz CT molecular complexity index is 933. The van der Waals surface area contributed by atoms with Crippen molar-refractivity contribution in [2.45, 2.75) is 51.3 Å². The maximum Gasteiger partial charge on any atom is 0.129 e. The lowest BCUT2D eigenvalue weighted by molar-refractivity contribution is 0.0965. The first kappa shape index (κ1) is 16.9. The fourth-order valence-corrected chi connectivity index (χ4v) is 4.58. The van der Waals surface area contributed by atoms with Crippen LogP contribution in [0.15, 0.2) is 36.7 Å². The van der Waals surface area contributed by atoms with Gasteiger partial charge in [-0.3, -0.25) is 4.90 Å². The summed E-state index contributed by atoms with van der Waals surface area (Å²) in [5.74, 6) is 2.31. The van der Waals surface area contributed by atoms with Gasteiger partial charge in [0.1, 0.15) is 17.7 Å². The molecule has 0 saturated carbocycles. The fourth-order valence-electron chi connectivity index (χ4n) is 4.58. The molecule has 1 fully saturated rings. The molecule has 0 spiro atoms. The molecule has 142 valence electrons. The largest absolute Gasteiger partial charge is 0.490 e. The first-order valence-corrected chi connectivity index (χ1v) is 10.2. The zero-order chi connectivity index (χ0) is 18.2. The Kier molecular flexibility index (Phi) is 4.40. The molecule has 5 rings (SSSR count). The summed E-state index contributed by atoms with van der Waals surface area (Å²) in [5, 5.41) is 1.22. The minimum atomic E-state index is 0.311. The van der Waals surface area contributed by atoms with E-state index >= 15 is 0 Å². The molecule has 2 aliphatic heterocycles. The van der Waals surface area contributed by atoms with Crippen LogP contribution in [0.25, 0.3) is 10.9 Å². The van der Waals surface area contributed by atoms with Crippen LogP contribution in [-0.4, -0.2) is 38.2 Å². The summed E-state index contributed by atoms with van der Waals surface area (Å²) in [5.41, 5.74) is 2.62. The first-order valence-electron chi connectivity index (χ1n) is 10.2. The smallest absolute Gasteiger partial charge is 0.129 e. The van der Waals surface area contributed by atoms with Gasteiger partial charge in [0.25, 0.3) is 0 Å². The van der Waals surface area contributed by atoms with E-state index in [4.69, 9.17) is 4.74 Å². The van der Waals surface area contributed by atoms with E-state index in [2.05, 4.69) is 62.7 Å². The number of likely N-dealkylation sites (tertiary alicyclic amines) is 1. The van der Waals surface area contributed by atoms with Gasteiger partial charge in [0.15, 0.2) is 0 Å². The summed E-state index contributed by atoms with van der Waals surface area (Å²) in [6, 6.07) is 8.50. The molecule has 2 aromatic heterocycles. The molecule has 0 aliphatic carbocycles. The van der Waals surface area contributed by atoms with Gasteiger partial charge < -0.3 is 13.9 Å². The SMILES string of the molecule is Cn1ccc2c(OC3CCN(Cc4cnc5n4CCCC5)CC3)cccc21. The number of ether oxygens (including phenoxy) is 1. The zero-order valence-electron chi connectivity index (χ0n) is 16.1. The number of aromatic nitrogens is 3. The Balaban J connectivity index is 1.21. The second kappa shape index (κ2) is 7.04. The predicted molar refractivity (Wildman–Crippen MR) is 107 cm³/mol. The Morgan fingerprint density at radius 2 is 2.00 bits per heavy atom. The van der Waals surface area contributed by atoms with Crippen LogP contribution >= 0.6 is 0 Å². The van der Waals surface area contributed by atoms with Gasteiger partial charge in [0.05, 0.1) is 11.2 Å². The highest BCUT2D eigenvalue weighted by Gasteiger charge is 2.23. The van der Waals surface area contributed by atoms with Gasteiger partial charge in [-0.15, -0.1) is 0 Å². The van der Waals surface area contributed by atoms with Crippen molar-refractivity contribution in [3.63, 3.8) is 0 Å². The van der Waals surface area contributed by atoms with Crippen molar-refractivity contribution in [1.82, 2.24) is 19.0 Å². The lowest BCUT2D eigenvalue weighted by Crippen LogP contribution is -2.38. The van der Waals surface area contributed by atoms with E-state index in [0.717, 1.165) is 51.2 Å². The van der Waals surface area contributed by atoms with Crippen molar-refractivity contribution >= 4 is 10.9 Å². The molecule has 0 N–H and O–H groups in total. The second-order valence-electron chi connectivity index (χ2n) is 7.98. The van der Waals surface area contributed by atoms with Crippen LogP contribution in [0.3, 0.4) is 0 Å². The molecule has 0 amide bonds. The van der Waals surface area contributed by atoms with Crippen molar-refractivity contribution in [2.24, 2.45) is 7.05 Å². The molecule has 1 saturated heterocycles.